The SMILES string of the molecule is CC1(C)CCC2OC(=O)C34CC(CC(O)C3C23COC(O)C13)C1(CCC2=C(O1)C13CC2CC(O)C1C12COC(O)C1C(C)(C)CCC2OC3=O)C4=O. The van der Waals surface area contributed by atoms with Crippen LogP contribution in [0.25, 0.3) is 0 Å². The molecule has 5 aliphatic heterocycles. The first-order valence-electron chi connectivity index (χ1n) is 19.9. The molecule has 5 saturated carbocycles. The Kier molecular flexibility index (Phi) is 6.17. The van der Waals surface area contributed by atoms with E-state index < -0.39 is 117 Å². The molecule has 4 saturated heterocycles. The van der Waals surface area contributed by atoms with Gasteiger partial charge in [-0.3, -0.25) is 14.4 Å². The second-order valence-corrected chi connectivity index (χ2v) is 20.4. The van der Waals surface area contributed by atoms with Gasteiger partial charge in [0.15, 0.2) is 24.0 Å². The maximum absolute atomic E-state index is 15.6. The zero-order chi connectivity index (χ0) is 36.3. The molecule has 4 N–H and O–H groups in total. The van der Waals surface area contributed by atoms with Crippen molar-refractivity contribution in [3.63, 3.8) is 0 Å². The topological polar surface area (TPSA) is 178 Å². The van der Waals surface area contributed by atoms with Crippen LogP contribution in [0, 0.1) is 68.0 Å². The average Bonchev–Trinajstić information content (AvgIpc) is 3.75. The Balaban J connectivity index is 1.04. The molecule has 0 aromatic heterocycles. The van der Waals surface area contributed by atoms with E-state index in [1.165, 1.54) is 0 Å². The lowest BCUT2D eigenvalue weighted by atomic mass is 9.43. The highest BCUT2D eigenvalue weighted by atomic mass is 16.6. The van der Waals surface area contributed by atoms with Crippen LogP contribution in [-0.4, -0.2) is 94.0 Å². The highest BCUT2D eigenvalue weighted by molar-refractivity contribution is 6.11. The van der Waals surface area contributed by atoms with Crippen LogP contribution in [0.2, 0.25) is 0 Å². The van der Waals surface area contributed by atoms with Gasteiger partial charge in [0.2, 0.25) is 0 Å². The number of aliphatic hydroxyl groups is 4. The number of carbonyl (C=O) groups is 3. The molecule has 5 spiro atoms. The van der Waals surface area contributed by atoms with Crippen molar-refractivity contribution in [2.45, 2.75) is 135 Å². The highest BCUT2D eigenvalue weighted by Gasteiger charge is 2.85. The van der Waals surface area contributed by atoms with Crippen LogP contribution in [0.15, 0.2) is 11.3 Å². The summed E-state index contributed by atoms with van der Waals surface area (Å²) in [7, 11) is 0. The summed E-state index contributed by atoms with van der Waals surface area (Å²) in [5, 5.41) is 47.1. The average molecular weight is 725 g/mol. The molecule has 6 aliphatic carbocycles. The molecular formula is C40H52O12. The summed E-state index contributed by atoms with van der Waals surface area (Å²) in [5.41, 5.74) is -6.22. The number of rotatable bonds is 0. The molecule has 11 aliphatic rings. The van der Waals surface area contributed by atoms with E-state index in [1.54, 1.807) is 0 Å². The lowest BCUT2D eigenvalue weighted by molar-refractivity contribution is -0.258. The van der Waals surface area contributed by atoms with Gasteiger partial charge in [0, 0.05) is 40.4 Å². The van der Waals surface area contributed by atoms with Crippen molar-refractivity contribution in [2.24, 2.45) is 68.0 Å². The minimum Gasteiger partial charge on any atom is -0.482 e. The number of aliphatic hydroxyl groups excluding tert-OH is 4. The van der Waals surface area contributed by atoms with E-state index in [0.29, 0.717) is 50.7 Å². The summed E-state index contributed by atoms with van der Waals surface area (Å²) in [5.74, 6) is -4.08. The predicted octanol–water partition coefficient (Wildman–Crippen LogP) is 2.53. The normalized spacial score (nSPS) is 58.5. The van der Waals surface area contributed by atoms with E-state index in [-0.39, 0.29) is 37.4 Å². The molecule has 12 nitrogen and oxygen atoms in total. The summed E-state index contributed by atoms with van der Waals surface area (Å²) >= 11 is 0. The van der Waals surface area contributed by atoms with Crippen LogP contribution in [0.5, 0.6) is 0 Å². The minimum atomic E-state index is -1.70. The number of ether oxygens (including phenoxy) is 5. The summed E-state index contributed by atoms with van der Waals surface area (Å²) in [4.78, 5) is 44.8. The molecule has 12 heteroatoms. The smallest absolute Gasteiger partial charge is 0.320 e. The molecule has 0 radical (unpaired) electrons. The first kappa shape index (κ1) is 33.3. The third-order valence-corrected chi connectivity index (χ3v) is 17.8. The van der Waals surface area contributed by atoms with Gasteiger partial charge in [-0.15, -0.1) is 0 Å². The Morgan fingerprint density at radius 2 is 1.19 bits per heavy atom. The second-order valence-electron chi connectivity index (χ2n) is 20.4. The summed E-state index contributed by atoms with van der Waals surface area (Å²) in [6.45, 7) is 8.59. The van der Waals surface area contributed by atoms with Gasteiger partial charge in [0.05, 0.1) is 25.4 Å². The van der Waals surface area contributed by atoms with Crippen LogP contribution in [0.1, 0.15) is 91.9 Å². The molecule has 5 heterocycles. The number of Topliss-reactive ketones (excluding diaryl/α,β-unsaturated/α-hetero) is 1. The first-order chi connectivity index (χ1) is 24.5. The zero-order valence-electron chi connectivity index (χ0n) is 30.5. The summed E-state index contributed by atoms with van der Waals surface area (Å²) in [6.07, 6.45) is -0.750. The first-order valence-corrected chi connectivity index (χ1v) is 19.9. The molecule has 17 atom stereocenters. The van der Waals surface area contributed by atoms with Crippen LogP contribution < -0.4 is 0 Å². The zero-order valence-corrected chi connectivity index (χ0v) is 30.5. The van der Waals surface area contributed by atoms with Crippen molar-refractivity contribution in [3.8, 4) is 0 Å². The second kappa shape index (κ2) is 9.64. The molecular weight excluding hydrogens is 672 g/mol. The fourth-order valence-electron chi connectivity index (χ4n) is 16.4. The Morgan fingerprint density at radius 3 is 1.79 bits per heavy atom. The molecule has 284 valence electrons. The van der Waals surface area contributed by atoms with E-state index in [1.807, 2.05) is 0 Å². The van der Waals surface area contributed by atoms with Gasteiger partial charge >= 0.3 is 11.9 Å². The number of hydrogen-bond acceptors (Lipinski definition) is 12. The van der Waals surface area contributed by atoms with Crippen molar-refractivity contribution in [1.82, 2.24) is 0 Å². The monoisotopic (exact) mass is 724 g/mol. The van der Waals surface area contributed by atoms with Gasteiger partial charge in [-0.25, -0.2) is 0 Å². The molecule has 17 unspecified atom stereocenters. The molecule has 4 bridgehead atoms. The largest absolute Gasteiger partial charge is 0.482 e. The summed E-state index contributed by atoms with van der Waals surface area (Å²) in [6, 6.07) is 0. The Hall–Kier alpha value is -2.09. The number of ketones is 1. The molecule has 0 amide bonds. The van der Waals surface area contributed by atoms with E-state index in [2.05, 4.69) is 27.7 Å². The van der Waals surface area contributed by atoms with Crippen LogP contribution in [0.4, 0.5) is 0 Å². The van der Waals surface area contributed by atoms with E-state index in [4.69, 9.17) is 23.7 Å². The van der Waals surface area contributed by atoms with Gasteiger partial charge in [-0.2, -0.15) is 0 Å². The fourth-order valence-corrected chi connectivity index (χ4v) is 16.4. The van der Waals surface area contributed by atoms with Crippen molar-refractivity contribution in [2.75, 3.05) is 13.2 Å². The quantitative estimate of drug-likeness (QED) is 0.212. The molecule has 11 rings (SSSR count). The van der Waals surface area contributed by atoms with Crippen LogP contribution in [0.3, 0.4) is 0 Å². The van der Waals surface area contributed by atoms with E-state index >= 15 is 4.79 Å². The van der Waals surface area contributed by atoms with E-state index in [9.17, 15) is 30.0 Å². The highest BCUT2D eigenvalue weighted by Crippen LogP contribution is 2.77. The number of fused-ring (bicyclic) bond motifs is 4. The third kappa shape index (κ3) is 3.29. The number of allylic oxidation sites excluding steroid dienone is 1. The van der Waals surface area contributed by atoms with Crippen LogP contribution in [-0.2, 0) is 38.1 Å². The molecule has 0 aromatic carbocycles. The number of esters is 2. The fraction of sp³-hybridized carbons (Fsp3) is 0.875. The van der Waals surface area contributed by atoms with Crippen molar-refractivity contribution < 1.29 is 58.5 Å². The number of hydrogen-bond donors (Lipinski definition) is 4. The van der Waals surface area contributed by atoms with Gasteiger partial charge in [-0.05, 0) is 86.5 Å². The summed E-state index contributed by atoms with van der Waals surface area (Å²) < 4.78 is 32.0. The van der Waals surface area contributed by atoms with Crippen molar-refractivity contribution >= 4 is 17.7 Å². The molecule has 0 aromatic rings. The van der Waals surface area contributed by atoms with E-state index in [0.717, 1.165) is 12.0 Å². The lowest BCUT2D eigenvalue weighted by Crippen LogP contribution is -2.71. The van der Waals surface area contributed by atoms with Gasteiger partial charge in [0.25, 0.3) is 0 Å². The van der Waals surface area contributed by atoms with Gasteiger partial charge < -0.3 is 44.1 Å². The standard InChI is InChI=1S/C40H52O12/c1-34(2)8-6-22-38(15-48-29(43)26(34)38)24-20(41)11-17-13-36(24,32(46)50-22)28-19(17)5-10-40(52-28)18-12-21(42)25-37(14-18,31(40)45)33(47)51-23-7-9-35(3,4)27-30(44)49-16-39(23,25)27/h17-18,20-27,29-30,41-44H,5-16H2,1-4H3. The van der Waals surface area contributed by atoms with Gasteiger partial charge in [0.1, 0.15) is 28.8 Å². The predicted molar refractivity (Wildman–Crippen MR) is 176 cm³/mol. The third-order valence-electron chi connectivity index (χ3n) is 17.8. The molecule has 9 fully saturated rings. The Bertz CT molecular complexity index is 1740. The minimum absolute atomic E-state index is 0.0790. The number of carbonyl (C=O) groups excluding carboxylic acids is 3. The van der Waals surface area contributed by atoms with Crippen LogP contribution >= 0.6 is 0 Å². The maximum atomic E-state index is 15.6. The maximum Gasteiger partial charge on any atom is 0.320 e. The lowest BCUT2D eigenvalue weighted by Gasteiger charge is -2.63. The van der Waals surface area contributed by atoms with Crippen molar-refractivity contribution in [1.29, 1.82) is 0 Å². The molecule has 52 heavy (non-hydrogen) atoms. The van der Waals surface area contributed by atoms with Gasteiger partial charge in [-0.1, -0.05) is 27.7 Å². The van der Waals surface area contributed by atoms with Crippen molar-refractivity contribution in [3.05, 3.63) is 11.3 Å². The Morgan fingerprint density at radius 1 is 0.654 bits per heavy atom. The Labute approximate surface area is 302 Å².